The number of benzene rings is 2. The predicted octanol–water partition coefficient (Wildman–Crippen LogP) is 3.83. The highest BCUT2D eigenvalue weighted by atomic mass is 127. The summed E-state index contributed by atoms with van der Waals surface area (Å²) in [6.45, 7) is 0.700. The Hall–Kier alpha value is -1.43. The van der Waals surface area contributed by atoms with Crippen LogP contribution in [0.5, 0.6) is 0 Å². The first-order valence-corrected chi connectivity index (χ1v) is 6.67. The molecule has 3 aromatic rings. The average Bonchev–Trinajstić information content (AvgIpc) is 2.67. The van der Waals surface area contributed by atoms with E-state index in [1.165, 1.54) is 17.7 Å². The molecule has 0 atom stereocenters. The van der Waals surface area contributed by atoms with E-state index in [4.69, 9.17) is 0 Å². The van der Waals surface area contributed by atoms with Crippen molar-refractivity contribution in [2.24, 2.45) is 0 Å². The summed E-state index contributed by atoms with van der Waals surface area (Å²) in [6, 6.07) is 14.9. The van der Waals surface area contributed by atoms with E-state index < -0.39 is 0 Å². The molecule has 0 N–H and O–H groups in total. The lowest BCUT2D eigenvalue weighted by molar-refractivity contribution is 0.629. The van der Waals surface area contributed by atoms with Crippen molar-refractivity contribution < 1.29 is 4.39 Å². The van der Waals surface area contributed by atoms with Crippen molar-refractivity contribution in [3.8, 4) is 0 Å². The van der Waals surface area contributed by atoms with Crippen LogP contribution in [0.4, 0.5) is 4.39 Å². The first-order chi connectivity index (χ1) is 8.74. The minimum absolute atomic E-state index is 0.223. The van der Waals surface area contributed by atoms with Gasteiger partial charge in [-0.15, -0.1) is 0 Å². The SMILES string of the molecule is Fc1ccc2c(c1)c(I)nn2Cc1ccccc1. The Labute approximate surface area is 118 Å². The minimum atomic E-state index is -0.223. The van der Waals surface area contributed by atoms with Crippen molar-refractivity contribution in [2.75, 3.05) is 0 Å². The van der Waals surface area contributed by atoms with Gasteiger partial charge in [0.05, 0.1) is 12.1 Å². The van der Waals surface area contributed by atoms with E-state index in [1.54, 1.807) is 6.07 Å². The lowest BCUT2D eigenvalue weighted by Gasteiger charge is -2.03. The van der Waals surface area contributed by atoms with Crippen LogP contribution in [0.3, 0.4) is 0 Å². The molecule has 0 amide bonds. The van der Waals surface area contributed by atoms with Crippen LogP contribution in [0.25, 0.3) is 10.9 Å². The molecule has 0 radical (unpaired) electrons. The number of hydrogen-bond acceptors (Lipinski definition) is 1. The Morgan fingerprint density at radius 1 is 1.11 bits per heavy atom. The molecule has 2 nitrogen and oxygen atoms in total. The molecule has 4 heteroatoms. The summed E-state index contributed by atoms with van der Waals surface area (Å²) in [5, 5.41) is 5.33. The zero-order chi connectivity index (χ0) is 12.5. The zero-order valence-corrected chi connectivity index (χ0v) is 11.6. The highest BCUT2D eigenvalue weighted by Gasteiger charge is 2.09. The van der Waals surface area contributed by atoms with E-state index in [9.17, 15) is 4.39 Å². The molecule has 0 aliphatic heterocycles. The number of aromatic nitrogens is 2. The lowest BCUT2D eigenvalue weighted by Crippen LogP contribution is -2.01. The normalized spacial score (nSPS) is 11.0. The van der Waals surface area contributed by atoms with Crippen molar-refractivity contribution in [2.45, 2.75) is 6.54 Å². The van der Waals surface area contributed by atoms with Crippen molar-refractivity contribution in [1.29, 1.82) is 0 Å². The second-order valence-electron chi connectivity index (χ2n) is 4.10. The largest absolute Gasteiger partial charge is 0.259 e. The fourth-order valence-electron chi connectivity index (χ4n) is 1.99. The standard InChI is InChI=1S/C14H10FIN2/c15-11-6-7-13-12(8-11)14(16)17-18(13)9-10-4-2-1-3-5-10/h1-8H,9H2. The van der Waals surface area contributed by atoms with Crippen LogP contribution in [-0.4, -0.2) is 9.78 Å². The third-order valence-electron chi connectivity index (χ3n) is 2.84. The summed E-state index contributed by atoms with van der Waals surface area (Å²) >= 11 is 2.14. The van der Waals surface area contributed by atoms with E-state index in [0.29, 0.717) is 6.54 Å². The van der Waals surface area contributed by atoms with Gasteiger partial charge in [-0.25, -0.2) is 4.39 Å². The Morgan fingerprint density at radius 3 is 2.67 bits per heavy atom. The number of halogens is 2. The summed E-state index contributed by atoms with van der Waals surface area (Å²) in [5.41, 5.74) is 2.15. The van der Waals surface area contributed by atoms with E-state index in [2.05, 4.69) is 39.8 Å². The van der Waals surface area contributed by atoms with Gasteiger partial charge >= 0.3 is 0 Å². The summed E-state index contributed by atoms with van der Waals surface area (Å²) in [5.74, 6) is -0.223. The summed E-state index contributed by atoms with van der Waals surface area (Å²) in [6.07, 6.45) is 0. The molecule has 0 saturated carbocycles. The van der Waals surface area contributed by atoms with E-state index >= 15 is 0 Å². The van der Waals surface area contributed by atoms with Crippen LogP contribution in [-0.2, 0) is 6.54 Å². The van der Waals surface area contributed by atoms with E-state index in [1.807, 2.05) is 22.9 Å². The van der Waals surface area contributed by atoms with Gasteiger partial charge in [-0.2, -0.15) is 5.10 Å². The highest BCUT2D eigenvalue weighted by Crippen LogP contribution is 2.22. The first-order valence-electron chi connectivity index (χ1n) is 5.59. The molecular weight excluding hydrogens is 342 g/mol. The molecule has 2 aromatic carbocycles. The van der Waals surface area contributed by atoms with Gasteiger partial charge in [-0.1, -0.05) is 30.3 Å². The van der Waals surface area contributed by atoms with Gasteiger partial charge in [0.15, 0.2) is 0 Å². The maximum Gasteiger partial charge on any atom is 0.131 e. The predicted molar refractivity (Wildman–Crippen MR) is 78.0 cm³/mol. The van der Waals surface area contributed by atoms with Crippen molar-refractivity contribution in [1.82, 2.24) is 9.78 Å². The maximum atomic E-state index is 13.2. The fraction of sp³-hybridized carbons (Fsp3) is 0.0714. The van der Waals surface area contributed by atoms with Gasteiger partial charge in [0.2, 0.25) is 0 Å². The van der Waals surface area contributed by atoms with Crippen LogP contribution in [0.15, 0.2) is 48.5 Å². The smallest absolute Gasteiger partial charge is 0.131 e. The first kappa shape index (κ1) is 11.6. The Morgan fingerprint density at radius 2 is 1.89 bits per heavy atom. The van der Waals surface area contributed by atoms with Gasteiger partial charge in [-0.05, 0) is 46.4 Å². The number of nitrogens with zero attached hydrogens (tertiary/aromatic N) is 2. The average molecular weight is 352 g/mol. The molecule has 0 aliphatic rings. The Kier molecular flexibility index (Phi) is 3.03. The van der Waals surface area contributed by atoms with Crippen molar-refractivity contribution >= 4 is 33.5 Å². The molecule has 1 aromatic heterocycles. The molecule has 0 bridgehead atoms. The zero-order valence-electron chi connectivity index (χ0n) is 9.48. The van der Waals surface area contributed by atoms with Crippen LogP contribution in [0.1, 0.15) is 5.56 Å². The summed E-state index contributed by atoms with van der Waals surface area (Å²) in [4.78, 5) is 0. The quantitative estimate of drug-likeness (QED) is 0.641. The molecule has 0 spiro atoms. The van der Waals surface area contributed by atoms with Crippen molar-refractivity contribution in [3.05, 3.63) is 63.6 Å². The highest BCUT2D eigenvalue weighted by molar-refractivity contribution is 14.1. The summed E-state index contributed by atoms with van der Waals surface area (Å²) < 4.78 is 16.0. The molecule has 18 heavy (non-hydrogen) atoms. The lowest BCUT2D eigenvalue weighted by atomic mass is 10.2. The molecule has 0 fully saturated rings. The molecule has 0 aliphatic carbocycles. The van der Waals surface area contributed by atoms with Crippen LogP contribution < -0.4 is 0 Å². The maximum absolute atomic E-state index is 13.2. The third kappa shape index (κ3) is 2.12. The molecule has 3 rings (SSSR count). The number of hydrogen-bond donors (Lipinski definition) is 0. The molecule has 1 heterocycles. The van der Waals surface area contributed by atoms with Gasteiger partial charge in [0, 0.05) is 5.39 Å². The molecule has 0 unspecified atom stereocenters. The minimum Gasteiger partial charge on any atom is -0.259 e. The number of fused-ring (bicyclic) bond motifs is 1. The van der Waals surface area contributed by atoms with Crippen LogP contribution in [0, 0.1) is 9.52 Å². The third-order valence-corrected chi connectivity index (χ3v) is 3.64. The second-order valence-corrected chi connectivity index (χ2v) is 5.12. The molecule has 90 valence electrons. The Balaban J connectivity index is 2.08. The second kappa shape index (κ2) is 4.68. The van der Waals surface area contributed by atoms with Gasteiger partial charge in [0.1, 0.15) is 9.52 Å². The molecular formula is C14H10FIN2. The fourth-order valence-corrected chi connectivity index (χ4v) is 2.68. The van der Waals surface area contributed by atoms with Crippen LogP contribution >= 0.6 is 22.6 Å². The van der Waals surface area contributed by atoms with Gasteiger partial charge < -0.3 is 0 Å². The molecule has 0 saturated heterocycles. The van der Waals surface area contributed by atoms with Crippen LogP contribution in [0.2, 0.25) is 0 Å². The number of rotatable bonds is 2. The van der Waals surface area contributed by atoms with Gasteiger partial charge in [0.25, 0.3) is 0 Å². The Bertz CT molecular complexity index is 692. The van der Waals surface area contributed by atoms with E-state index in [0.717, 1.165) is 14.6 Å². The topological polar surface area (TPSA) is 17.8 Å². The van der Waals surface area contributed by atoms with Gasteiger partial charge in [-0.3, -0.25) is 4.68 Å². The van der Waals surface area contributed by atoms with Crippen molar-refractivity contribution in [3.63, 3.8) is 0 Å². The monoisotopic (exact) mass is 352 g/mol. The van der Waals surface area contributed by atoms with E-state index in [-0.39, 0.29) is 5.82 Å². The summed E-state index contributed by atoms with van der Waals surface area (Å²) in [7, 11) is 0.